The Morgan fingerprint density at radius 3 is 2.48 bits per heavy atom. The Kier molecular flexibility index (Phi) is 5.48. The number of hydrogen-bond donors (Lipinski definition) is 0. The molecule has 1 aromatic carbocycles. The van der Waals surface area contributed by atoms with Gasteiger partial charge >= 0.3 is 5.63 Å². The second-order valence-corrected chi connectivity index (χ2v) is 7.77. The van der Waals surface area contributed by atoms with E-state index >= 15 is 0 Å². The molecule has 1 amide bonds. The van der Waals surface area contributed by atoms with Crippen LogP contribution in [0.1, 0.15) is 34.4 Å². The minimum absolute atomic E-state index is 0.0811. The van der Waals surface area contributed by atoms with Crippen molar-refractivity contribution < 1.29 is 13.6 Å². The van der Waals surface area contributed by atoms with Gasteiger partial charge in [-0.2, -0.15) is 0 Å². The second kappa shape index (κ2) is 8.05. The van der Waals surface area contributed by atoms with Gasteiger partial charge in [0.05, 0.1) is 0 Å². The lowest BCUT2D eigenvalue weighted by molar-refractivity contribution is 0.0597. The number of halogens is 1. The molecule has 0 aliphatic carbocycles. The van der Waals surface area contributed by atoms with E-state index in [0.29, 0.717) is 49.1 Å². The van der Waals surface area contributed by atoms with E-state index in [4.69, 9.17) is 20.4 Å². The summed E-state index contributed by atoms with van der Waals surface area (Å²) in [5.41, 5.74) is 2.05. The molecular formula is C22H23ClN2O4. The summed E-state index contributed by atoms with van der Waals surface area (Å²) < 4.78 is 10.8. The van der Waals surface area contributed by atoms with E-state index in [9.17, 15) is 9.59 Å². The van der Waals surface area contributed by atoms with Gasteiger partial charge in [0, 0.05) is 49.2 Å². The Labute approximate surface area is 173 Å². The monoisotopic (exact) mass is 414 g/mol. The molecule has 1 saturated heterocycles. The quantitative estimate of drug-likeness (QED) is 0.606. The number of carbonyl (C=O) groups excluding carboxylic acids is 1. The molecule has 3 heterocycles. The fourth-order valence-electron chi connectivity index (χ4n) is 3.75. The SMILES string of the molecule is CCc1cc2oc(=O)cc(CN3CCN(C(=O)c4ccc(C)o4)CC3)c2cc1Cl. The van der Waals surface area contributed by atoms with Crippen LogP contribution in [0.4, 0.5) is 0 Å². The molecule has 2 aromatic heterocycles. The molecule has 3 aromatic rings. The zero-order chi connectivity index (χ0) is 20.5. The lowest BCUT2D eigenvalue weighted by Gasteiger charge is -2.34. The van der Waals surface area contributed by atoms with E-state index in [-0.39, 0.29) is 11.5 Å². The van der Waals surface area contributed by atoms with Crippen LogP contribution in [-0.2, 0) is 13.0 Å². The van der Waals surface area contributed by atoms with Crippen molar-refractivity contribution >= 4 is 28.5 Å². The van der Waals surface area contributed by atoms with E-state index in [1.165, 1.54) is 6.07 Å². The average Bonchev–Trinajstić information content (AvgIpc) is 3.14. The Balaban J connectivity index is 1.49. The molecule has 0 unspecified atom stereocenters. The molecule has 0 radical (unpaired) electrons. The highest BCUT2D eigenvalue weighted by Crippen LogP contribution is 2.27. The van der Waals surface area contributed by atoms with Gasteiger partial charge in [0.2, 0.25) is 0 Å². The van der Waals surface area contributed by atoms with Gasteiger partial charge < -0.3 is 13.7 Å². The van der Waals surface area contributed by atoms with Gasteiger partial charge in [-0.25, -0.2) is 4.79 Å². The van der Waals surface area contributed by atoms with Crippen LogP contribution in [0.25, 0.3) is 11.0 Å². The number of hydrogen-bond acceptors (Lipinski definition) is 5. The number of furan rings is 1. The van der Waals surface area contributed by atoms with Crippen molar-refractivity contribution in [2.75, 3.05) is 26.2 Å². The summed E-state index contributed by atoms with van der Waals surface area (Å²) in [6, 6.07) is 8.78. The maximum Gasteiger partial charge on any atom is 0.336 e. The number of nitrogens with zero attached hydrogens (tertiary/aromatic N) is 2. The van der Waals surface area contributed by atoms with E-state index in [1.807, 2.05) is 26.0 Å². The largest absolute Gasteiger partial charge is 0.456 e. The van der Waals surface area contributed by atoms with E-state index < -0.39 is 0 Å². The van der Waals surface area contributed by atoms with E-state index in [1.54, 1.807) is 17.0 Å². The van der Waals surface area contributed by atoms with Gasteiger partial charge in [-0.3, -0.25) is 9.69 Å². The number of fused-ring (bicyclic) bond motifs is 1. The molecule has 0 N–H and O–H groups in total. The fourth-order valence-corrected chi connectivity index (χ4v) is 4.04. The number of carbonyl (C=O) groups is 1. The van der Waals surface area contributed by atoms with Crippen LogP contribution in [0.15, 0.2) is 44.0 Å². The molecule has 1 fully saturated rings. The summed E-state index contributed by atoms with van der Waals surface area (Å²) in [4.78, 5) is 28.6. The van der Waals surface area contributed by atoms with Crippen LogP contribution in [0.5, 0.6) is 0 Å². The highest BCUT2D eigenvalue weighted by molar-refractivity contribution is 6.32. The number of amides is 1. The Hall–Kier alpha value is -2.57. The summed E-state index contributed by atoms with van der Waals surface area (Å²) in [6.07, 6.45) is 0.772. The maximum absolute atomic E-state index is 12.5. The van der Waals surface area contributed by atoms with Gasteiger partial charge in [-0.1, -0.05) is 18.5 Å². The fraction of sp³-hybridized carbons (Fsp3) is 0.364. The molecule has 152 valence electrons. The summed E-state index contributed by atoms with van der Waals surface area (Å²) in [6.45, 7) is 7.09. The minimum Gasteiger partial charge on any atom is -0.456 e. The highest BCUT2D eigenvalue weighted by atomic mass is 35.5. The Bertz CT molecular complexity index is 1110. The molecule has 4 rings (SSSR count). The van der Waals surface area contributed by atoms with Crippen molar-refractivity contribution in [3.05, 3.63) is 68.4 Å². The number of benzene rings is 1. The van der Waals surface area contributed by atoms with Crippen LogP contribution in [0.2, 0.25) is 5.02 Å². The van der Waals surface area contributed by atoms with Gasteiger partial charge in [-0.15, -0.1) is 0 Å². The lowest BCUT2D eigenvalue weighted by atomic mass is 10.1. The smallest absolute Gasteiger partial charge is 0.336 e. The normalized spacial score (nSPS) is 15.2. The van der Waals surface area contributed by atoms with Gasteiger partial charge in [0.1, 0.15) is 11.3 Å². The molecule has 0 spiro atoms. The van der Waals surface area contributed by atoms with Crippen LogP contribution in [-0.4, -0.2) is 41.9 Å². The summed E-state index contributed by atoms with van der Waals surface area (Å²) in [7, 11) is 0. The zero-order valence-electron chi connectivity index (χ0n) is 16.5. The predicted molar refractivity (Wildman–Crippen MR) is 111 cm³/mol. The van der Waals surface area contributed by atoms with E-state index in [0.717, 1.165) is 28.7 Å². The standard InChI is InChI=1S/C22H23ClN2O4/c1-3-15-10-20-17(12-18(15)23)16(11-21(26)29-20)13-24-6-8-25(9-7-24)22(27)19-5-4-14(2)28-19/h4-5,10-12H,3,6-9,13H2,1-2H3. The summed E-state index contributed by atoms with van der Waals surface area (Å²) >= 11 is 6.39. The molecule has 1 aliphatic rings. The van der Waals surface area contributed by atoms with E-state index in [2.05, 4.69) is 4.90 Å². The van der Waals surface area contributed by atoms with Crippen LogP contribution in [0.3, 0.4) is 0 Å². The van der Waals surface area contributed by atoms with Crippen molar-refractivity contribution in [2.24, 2.45) is 0 Å². The topological polar surface area (TPSA) is 66.9 Å². The highest BCUT2D eigenvalue weighted by Gasteiger charge is 2.24. The zero-order valence-corrected chi connectivity index (χ0v) is 17.3. The molecule has 29 heavy (non-hydrogen) atoms. The van der Waals surface area contributed by atoms with Crippen LogP contribution in [0, 0.1) is 6.92 Å². The summed E-state index contributed by atoms with van der Waals surface area (Å²) in [5, 5.41) is 1.54. The van der Waals surface area contributed by atoms with Crippen LogP contribution < -0.4 is 5.63 Å². The minimum atomic E-state index is -0.362. The molecule has 7 heteroatoms. The Morgan fingerprint density at radius 2 is 1.83 bits per heavy atom. The maximum atomic E-state index is 12.5. The van der Waals surface area contributed by atoms with Crippen molar-refractivity contribution in [3.8, 4) is 0 Å². The third-order valence-corrected chi connectivity index (χ3v) is 5.73. The Morgan fingerprint density at radius 1 is 1.07 bits per heavy atom. The van der Waals surface area contributed by atoms with Crippen molar-refractivity contribution in [3.63, 3.8) is 0 Å². The van der Waals surface area contributed by atoms with Crippen LogP contribution >= 0.6 is 11.6 Å². The van der Waals surface area contributed by atoms with Crippen molar-refractivity contribution in [2.45, 2.75) is 26.8 Å². The first-order valence-electron chi connectivity index (χ1n) is 9.78. The number of aryl methyl sites for hydroxylation is 2. The average molecular weight is 415 g/mol. The van der Waals surface area contributed by atoms with Crippen molar-refractivity contribution in [1.29, 1.82) is 0 Å². The molecule has 1 aliphatic heterocycles. The van der Waals surface area contributed by atoms with Crippen molar-refractivity contribution in [1.82, 2.24) is 9.80 Å². The third kappa shape index (κ3) is 4.09. The molecular weight excluding hydrogens is 392 g/mol. The third-order valence-electron chi connectivity index (χ3n) is 5.38. The number of rotatable bonds is 4. The first-order chi connectivity index (χ1) is 13.9. The second-order valence-electron chi connectivity index (χ2n) is 7.36. The predicted octanol–water partition coefficient (Wildman–Crippen LogP) is 3.87. The van der Waals surface area contributed by atoms with Gasteiger partial charge in [-0.05, 0) is 48.7 Å². The molecule has 0 saturated carbocycles. The molecule has 0 bridgehead atoms. The van der Waals surface area contributed by atoms with Gasteiger partial charge in [0.15, 0.2) is 5.76 Å². The molecule has 6 nitrogen and oxygen atoms in total. The summed E-state index contributed by atoms with van der Waals surface area (Å²) in [5.74, 6) is 1.03. The lowest BCUT2D eigenvalue weighted by Crippen LogP contribution is -2.48. The molecule has 0 atom stereocenters. The first kappa shape index (κ1) is 19.7. The first-order valence-corrected chi connectivity index (χ1v) is 10.2. The number of piperazine rings is 1. The van der Waals surface area contributed by atoms with Gasteiger partial charge in [0.25, 0.3) is 5.91 Å².